The van der Waals surface area contributed by atoms with E-state index in [1.54, 1.807) is 18.4 Å². The molecule has 0 saturated heterocycles. The molecule has 0 aliphatic carbocycles. The van der Waals surface area contributed by atoms with Crippen molar-refractivity contribution in [2.45, 2.75) is 39.0 Å². The summed E-state index contributed by atoms with van der Waals surface area (Å²) < 4.78 is 5.26. The first kappa shape index (κ1) is 13.6. The molecule has 0 amide bonds. The zero-order valence-electron chi connectivity index (χ0n) is 10.4. The average molecular weight is 243 g/mol. The van der Waals surface area contributed by atoms with Gasteiger partial charge < -0.3 is 15.2 Å². The Balaban J connectivity index is 2.66. The van der Waals surface area contributed by atoms with Gasteiger partial charge in [0.15, 0.2) is 0 Å². The van der Waals surface area contributed by atoms with Gasteiger partial charge in [-0.1, -0.05) is 0 Å². The molecule has 0 spiro atoms. The molecular formula is C12H21NO2S. The van der Waals surface area contributed by atoms with Crippen molar-refractivity contribution in [3.05, 3.63) is 21.9 Å². The van der Waals surface area contributed by atoms with Crippen LogP contribution in [-0.2, 0) is 4.74 Å². The molecule has 1 heterocycles. The SMILES string of the molecule is COC(C)C(C)NC(CO)c1sccc1C. The maximum absolute atomic E-state index is 9.43. The third-order valence-electron chi connectivity index (χ3n) is 2.94. The second-order valence-electron chi connectivity index (χ2n) is 4.10. The Morgan fingerprint density at radius 2 is 2.19 bits per heavy atom. The summed E-state index contributed by atoms with van der Waals surface area (Å²) in [6.45, 7) is 6.27. The second-order valence-corrected chi connectivity index (χ2v) is 5.05. The first-order valence-corrected chi connectivity index (χ1v) is 6.41. The zero-order chi connectivity index (χ0) is 12.1. The first-order valence-electron chi connectivity index (χ1n) is 5.53. The maximum Gasteiger partial charge on any atom is 0.0693 e. The standard InChI is InChI=1S/C12H21NO2S/c1-8-5-6-16-12(8)11(7-14)13-9(2)10(3)15-4/h5-6,9-11,13-14H,7H2,1-4H3. The summed E-state index contributed by atoms with van der Waals surface area (Å²) in [4.78, 5) is 1.21. The predicted octanol–water partition coefficient (Wildman–Crippen LogP) is 2.10. The number of aliphatic hydroxyl groups excluding tert-OH is 1. The molecule has 1 aromatic rings. The topological polar surface area (TPSA) is 41.5 Å². The van der Waals surface area contributed by atoms with Crippen LogP contribution in [0.3, 0.4) is 0 Å². The number of aryl methyl sites for hydroxylation is 1. The Labute approximate surface area is 101 Å². The van der Waals surface area contributed by atoms with Gasteiger partial charge in [0.05, 0.1) is 18.8 Å². The van der Waals surface area contributed by atoms with E-state index >= 15 is 0 Å². The molecule has 0 radical (unpaired) electrons. The van der Waals surface area contributed by atoms with E-state index in [1.165, 1.54) is 10.4 Å². The van der Waals surface area contributed by atoms with E-state index in [1.807, 2.05) is 6.92 Å². The van der Waals surface area contributed by atoms with Crippen LogP contribution < -0.4 is 5.32 Å². The lowest BCUT2D eigenvalue weighted by atomic mass is 10.1. The van der Waals surface area contributed by atoms with Crippen molar-refractivity contribution in [1.82, 2.24) is 5.32 Å². The van der Waals surface area contributed by atoms with Gasteiger partial charge in [-0.3, -0.25) is 0 Å². The van der Waals surface area contributed by atoms with Gasteiger partial charge in [0.1, 0.15) is 0 Å². The van der Waals surface area contributed by atoms with E-state index < -0.39 is 0 Å². The third-order valence-corrected chi connectivity index (χ3v) is 4.07. The molecule has 0 aliphatic rings. The van der Waals surface area contributed by atoms with Crippen LogP contribution in [0, 0.1) is 6.92 Å². The van der Waals surface area contributed by atoms with Gasteiger partial charge >= 0.3 is 0 Å². The van der Waals surface area contributed by atoms with Crippen LogP contribution in [-0.4, -0.2) is 31.0 Å². The lowest BCUT2D eigenvalue weighted by molar-refractivity contribution is 0.0799. The fourth-order valence-corrected chi connectivity index (χ4v) is 2.59. The monoisotopic (exact) mass is 243 g/mol. The average Bonchev–Trinajstić information content (AvgIpc) is 2.70. The van der Waals surface area contributed by atoms with E-state index in [0.717, 1.165) is 0 Å². The molecule has 0 saturated carbocycles. The van der Waals surface area contributed by atoms with Crippen molar-refractivity contribution in [1.29, 1.82) is 0 Å². The highest BCUT2D eigenvalue weighted by Crippen LogP contribution is 2.24. The van der Waals surface area contributed by atoms with Crippen LogP contribution in [0.2, 0.25) is 0 Å². The van der Waals surface area contributed by atoms with Crippen molar-refractivity contribution in [2.75, 3.05) is 13.7 Å². The number of aliphatic hydroxyl groups is 1. The minimum Gasteiger partial charge on any atom is -0.394 e. The number of hydrogen-bond donors (Lipinski definition) is 2. The minimum absolute atomic E-state index is 0.00704. The summed E-state index contributed by atoms with van der Waals surface area (Å²) in [6.07, 6.45) is 0.134. The highest BCUT2D eigenvalue weighted by Gasteiger charge is 2.19. The fourth-order valence-electron chi connectivity index (χ4n) is 1.61. The number of hydrogen-bond acceptors (Lipinski definition) is 4. The van der Waals surface area contributed by atoms with E-state index in [9.17, 15) is 5.11 Å². The molecule has 3 unspecified atom stereocenters. The third kappa shape index (κ3) is 3.28. The van der Waals surface area contributed by atoms with Gasteiger partial charge in [-0.15, -0.1) is 11.3 Å². The molecule has 4 heteroatoms. The molecule has 0 aromatic carbocycles. The molecule has 0 fully saturated rings. The number of ether oxygens (including phenoxy) is 1. The van der Waals surface area contributed by atoms with Gasteiger partial charge in [0.2, 0.25) is 0 Å². The zero-order valence-corrected chi connectivity index (χ0v) is 11.2. The van der Waals surface area contributed by atoms with Crippen LogP contribution in [0.15, 0.2) is 11.4 Å². The molecule has 16 heavy (non-hydrogen) atoms. The van der Waals surface area contributed by atoms with Crippen molar-refractivity contribution in [2.24, 2.45) is 0 Å². The van der Waals surface area contributed by atoms with Gasteiger partial charge in [-0.25, -0.2) is 0 Å². The van der Waals surface area contributed by atoms with Crippen LogP contribution >= 0.6 is 11.3 Å². The van der Waals surface area contributed by atoms with E-state index in [2.05, 4.69) is 30.6 Å². The van der Waals surface area contributed by atoms with Gasteiger partial charge in [-0.2, -0.15) is 0 Å². The highest BCUT2D eigenvalue weighted by atomic mass is 32.1. The van der Waals surface area contributed by atoms with E-state index in [0.29, 0.717) is 0 Å². The van der Waals surface area contributed by atoms with Crippen molar-refractivity contribution >= 4 is 11.3 Å². The van der Waals surface area contributed by atoms with Crippen LogP contribution in [0.5, 0.6) is 0 Å². The highest BCUT2D eigenvalue weighted by molar-refractivity contribution is 7.10. The van der Waals surface area contributed by atoms with E-state index in [-0.39, 0.29) is 24.8 Å². The summed E-state index contributed by atoms with van der Waals surface area (Å²) in [5.74, 6) is 0. The number of methoxy groups -OCH3 is 1. The Hall–Kier alpha value is -0.420. The van der Waals surface area contributed by atoms with Crippen molar-refractivity contribution < 1.29 is 9.84 Å². The predicted molar refractivity (Wildman–Crippen MR) is 68.0 cm³/mol. The molecule has 2 N–H and O–H groups in total. The van der Waals surface area contributed by atoms with Crippen molar-refractivity contribution in [3.8, 4) is 0 Å². The van der Waals surface area contributed by atoms with Crippen LogP contribution in [0.25, 0.3) is 0 Å². The summed E-state index contributed by atoms with van der Waals surface area (Å²) in [5.41, 5.74) is 1.23. The summed E-state index contributed by atoms with van der Waals surface area (Å²) in [5, 5.41) is 14.9. The molecule has 92 valence electrons. The minimum atomic E-state index is 0.00704. The number of nitrogens with one attached hydrogen (secondary N) is 1. The Morgan fingerprint density at radius 1 is 1.50 bits per heavy atom. The molecule has 1 aromatic heterocycles. The quantitative estimate of drug-likeness (QED) is 0.804. The van der Waals surface area contributed by atoms with Crippen LogP contribution in [0.1, 0.15) is 30.3 Å². The molecule has 3 nitrogen and oxygen atoms in total. The lowest BCUT2D eigenvalue weighted by Crippen LogP contribution is -2.40. The Kier molecular flexibility index (Phi) is 5.41. The smallest absolute Gasteiger partial charge is 0.0693 e. The number of rotatable bonds is 6. The summed E-state index contributed by atoms with van der Waals surface area (Å²) in [7, 11) is 1.70. The van der Waals surface area contributed by atoms with Gasteiger partial charge in [-0.05, 0) is 37.8 Å². The maximum atomic E-state index is 9.43. The molecule has 0 bridgehead atoms. The molecule has 0 aliphatic heterocycles. The lowest BCUT2D eigenvalue weighted by Gasteiger charge is -2.25. The van der Waals surface area contributed by atoms with E-state index in [4.69, 9.17) is 4.74 Å². The Morgan fingerprint density at radius 3 is 2.62 bits per heavy atom. The summed E-state index contributed by atoms with van der Waals surface area (Å²) in [6, 6.07) is 2.30. The largest absolute Gasteiger partial charge is 0.394 e. The Bertz CT molecular complexity index is 314. The molecular weight excluding hydrogens is 222 g/mol. The number of thiophene rings is 1. The fraction of sp³-hybridized carbons (Fsp3) is 0.667. The molecule has 1 rings (SSSR count). The summed E-state index contributed by atoms with van der Waals surface area (Å²) >= 11 is 1.68. The normalized spacial score (nSPS) is 17.1. The molecule has 3 atom stereocenters. The van der Waals surface area contributed by atoms with Gasteiger partial charge in [0, 0.05) is 18.0 Å². The van der Waals surface area contributed by atoms with Crippen molar-refractivity contribution in [3.63, 3.8) is 0 Å². The van der Waals surface area contributed by atoms with Gasteiger partial charge in [0.25, 0.3) is 0 Å². The second kappa shape index (κ2) is 6.35. The first-order chi connectivity index (χ1) is 7.60. The van der Waals surface area contributed by atoms with Crippen LogP contribution in [0.4, 0.5) is 0 Å².